The fourth-order valence-corrected chi connectivity index (χ4v) is 3.26. The minimum Gasteiger partial charge on any atom is -0.478 e. The lowest BCUT2D eigenvalue weighted by Gasteiger charge is -2.14. The molecule has 120 valence electrons. The molecule has 2 heteroatoms. The van der Waals surface area contributed by atoms with Crippen LogP contribution >= 0.6 is 0 Å². The molecule has 2 nitrogen and oxygen atoms in total. The van der Waals surface area contributed by atoms with Crippen LogP contribution in [0.15, 0.2) is 91.0 Å². The molecule has 0 atom stereocenters. The highest BCUT2D eigenvalue weighted by atomic mass is 16.4. The highest BCUT2D eigenvalue weighted by Gasteiger charge is 2.14. The molecule has 0 aliphatic rings. The summed E-state index contributed by atoms with van der Waals surface area (Å²) in [6, 6.07) is 29.7. The largest absolute Gasteiger partial charge is 0.478 e. The molecule has 0 fully saturated rings. The summed E-state index contributed by atoms with van der Waals surface area (Å²) in [5.41, 5.74) is 4.48. The lowest BCUT2D eigenvalue weighted by Crippen LogP contribution is -1.98. The molecular weight excluding hydrogens is 308 g/mol. The van der Waals surface area contributed by atoms with Crippen LogP contribution in [0.4, 0.5) is 0 Å². The maximum absolute atomic E-state index is 11.6. The number of rotatable bonds is 3. The van der Waals surface area contributed by atoms with Crippen molar-refractivity contribution in [3.8, 4) is 22.3 Å². The van der Waals surface area contributed by atoms with E-state index >= 15 is 0 Å². The molecule has 0 unspecified atom stereocenters. The fourth-order valence-electron chi connectivity index (χ4n) is 3.26. The van der Waals surface area contributed by atoms with Crippen molar-refractivity contribution in [3.05, 3.63) is 96.6 Å². The molecule has 1 N–H and O–H groups in total. The van der Waals surface area contributed by atoms with Gasteiger partial charge in [-0.3, -0.25) is 0 Å². The number of carboxylic acids is 1. The van der Waals surface area contributed by atoms with Gasteiger partial charge in [0.15, 0.2) is 0 Å². The second-order valence-electron chi connectivity index (χ2n) is 5.96. The minimum atomic E-state index is -0.913. The zero-order chi connectivity index (χ0) is 17.2. The first-order valence-corrected chi connectivity index (χ1v) is 8.15. The summed E-state index contributed by atoms with van der Waals surface area (Å²) in [5, 5.41) is 11.5. The monoisotopic (exact) mass is 324 g/mol. The predicted octanol–water partition coefficient (Wildman–Crippen LogP) is 5.87. The summed E-state index contributed by atoms with van der Waals surface area (Å²) >= 11 is 0. The molecule has 0 aromatic heterocycles. The maximum atomic E-state index is 11.6. The average Bonchev–Trinajstić information content (AvgIpc) is 2.68. The van der Waals surface area contributed by atoms with Gasteiger partial charge in [0.2, 0.25) is 0 Å². The van der Waals surface area contributed by atoms with E-state index in [9.17, 15) is 9.90 Å². The first kappa shape index (κ1) is 15.2. The van der Waals surface area contributed by atoms with Crippen LogP contribution in [0, 0.1) is 0 Å². The van der Waals surface area contributed by atoms with Crippen LogP contribution in [-0.4, -0.2) is 11.1 Å². The van der Waals surface area contributed by atoms with Gasteiger partial charge in [-0.15, -0.1) is 0 Å². The van der Waals surface area contributed by atoms with Gasteiger partial charge in [0.1, 0.15) is 0 Å². The molecule has 0 radical (unpaired) electrons. The number of fused-ring (bicyclic) bond motifs is 1. The Bertz CT molecular complexity index is 1050. The van der Waals surface area contributed by atoms with Crippen LogP contribution < -0.4 is 0 Å². The maximum Gasteiger partial charge on any atom is 0.335 e. The van der Waals surface area contributed by atoms with Gasteiger partial charge in [-0.1, -0.05) is 78.9 Å². The summed E-state index contributed by atoms with van der Waals surface area (Å²) in [6.07, 6.45) is 0. The van der Waals surface area contributed by atoms with Gasteiger partial charge in [0.05, 0.1) is 5.56 Å². The molecule has 4 aromatic carbocycles. The lowest BCUT2D eigenvalue weighted by molar-refractivity contribution is 0.0697. The Morgan fingerprint density at radius 2 is 1.24 bits per heavy atom. The Morgan fingerprint density at radius 1 is 0.640 bits per heavy atom. The second kappa shape index (κ2) is 6.25. The van der Waals surface area contributed by atoms with E-state index in [-0.39, 0.29) is 0 Å². The summed E-state index contributed by atoms with van der Waals surface area (Å²) in [4.78, 5) is 11.6. The van der Waals surface area contributed by atoms with Gasteiger partial charge >= 0.3 is 5.97 Å². The van der Waals surface area contributed by atoms with Crippen LogP contribution in [0.3, 0.4) is 0 Å². The highest BCUT2D eigenvalue weighted by Crippen LogP contribution is 2.37. The minimum absolute atomic E-state index is 0.302. The number of carboxylic acid groups (broad SMARTS) is 1. The molecule has 25 heavy (non-hydrogen) atoms. The zero-order valence-electron chi connectivity index (χ0n) is 13.5. The third kappa shape index (κ3) is 2.79. The van der Waals surface area contributed by atoms with E-state index in [0.29, 0.717) is 5.56 Å². The van der Waals surface area contributed by atoms with Crippen molar-refractivity contribution in [2.75, 3.05) is 0 Å². The smallest absolute Gasteiger partial charge is 0.335 e. The summed E-state index contributed by atoms with van der Waals surface area (Å²) in [6.45, 7) is 0. The molecule has 0 amide bonds. The molecule has 0 aliphatic heterocycles. The van der Waals surface area contributed by atoms with E-state index in [1.165, 1.54) is 0 Å². The standard InChI is InChI=1S/C23H16O2/c24-23(25)19-14-18-12-7-13-20(16-8-3-1-4-9-16)22(18)21(15-19)17-10-5-2-6-11-17/h1-15H,(H,24,25). The van der Waals surface area contributed by atoms with Crippen molar-refractivity contribution in [1.29, 1.82) is 0 Å². The quantitative estimate of drug-likeness (QED) is 0.511. The Balaban J connectivity index is 2.11. The summed E-state index contributed by atoms with van der Waals surface area (Å²) < 4.78 is 0. The summed E-state index contributed by atoms with van der Waals surface area (Å²) in [7, 11) is 0. The normalized spacial score (nSPS) is 10.7. The van der Waals surface area contributed by atoms with Gasteiger partial charge in [-0.05, 0) is 45.2 Å². The third-order valence-electron chi connectivity index (χ3n) is 4.39. The molecule has 4 rings (SSSR count). The van der Waals surface area contributed by atoms with Crippen LogP contribution in [0.25, 0.3) is 33.0 Å². The van der Waals surface area contributed by atoms with E-state index in [1.807, 2.05) is 60.7 Å². The lowest BCUT2D eigenvalue weighted by atomic mass is 9.90. The first-order valence-electron chi connectivity index (χ1n) is 8.15. The SMILES string of the molecule is O=C(O)c1cc(-c2ccccc2)c2c(-c3ccccc3)cccc2c1. The number of benzene rings is 4. The zero-order valence-corrected chi connectivity index (χ0v) is 13.5. The van der Waals surface area contributed by atoms with Gasteiger partial charge in [-0.25, -0.2) is 4.79 Å². The van der Waals surface area contributed by atoms with Crippen molar-refractivity contribution < 1.29 is 9.90 Å². The van der Waals surface area contributed by atoms with Crippen molar-refractivity contribution in [1.82, 2.24) is 0 Å². The number of hydrogen-bond donors (Lipinski definition) is 1. The first-order chi connectivity index (χ1) is 12.2. The molecular formula is C23H16O2. The van der Waals surface area contributed by atoms with Crippen molar-refractivity contribution in [2.24, 2.45) is 0 Å². The van der Waals surface area contributed by atoms with Crippen LogP contribution in [0.1, 0.15) is 10.4 Å². The van der Waals surface area contributed by atoms with Gasteiger partial charge in [0, 0.05) is 0 Å². The Labute approximate surface area is 146 Å². The average molecular weight is 324 g/mol. The highest BCUT2D eigenvalue weighted by molar-refractivity contribution is 6.09. The topological polar surface area (TPSA) is 37.3 Å². The van der Waals surface area contributed by atoms with Crippen molar-refractivity contribution >= 4 is 16.7 Å². The Morgan fingerprint density at radius 3 is 1.84 bits per heavy atom. The predicted molar refractivity (Wildman–Crippen MR) is 102 cm³/mol. The van der Waals surface area contributed by atoms with E-state index in [0.717, 1.165) is 33.0 Å². The van der Waals surface area contributed by atoms with E-state index in [2.05, 4.69) is 18.2 Å². The molecule has 0 saturated carbocycles. The van der Waals surface area contributed by atoms with Gasteiger partial charge in [-0.2, -0.15) is 0 Å². The third-order valence-corrected chi connectivity index (χ3v) is 4.39. The van der Waals surface area contributed by atoms with Gasteiger partial charge < -0.3 is 5.11 Å². The van der Waals surface area contributed by atoms with Crippen LogP contribution in [0.2, 0.25) is 0 Å². The number of aromatic carboxylic acids is 1. The van der Waals surface area contributed by atoms with Crippen LogP contribution in [-0.2, 0) is 0 Å². The molecule has 4 aromatic rings. The second-order valence-corrected chi connectivity index (χ2v) is 5.96. The van der Waals surface area contributed by atoms with E-state index in [1.54, 1.807) is 12.1 Å². The Kier molecular flexibility index (Phi) is 3.79. The summed E-state index contributed by atoms with van der Waals surface area (Å²) in [5.74, 6) is -0.913. The van der Waals surface area contributed by atoms with Crippen LogP contribution in [0.5, 0.6) is 0 Å². The number of hydrogen-bond acceptors (Lipinski definition) is 1. The van der Waals surface area contributed by atoms with Crippen molar-refractivity contribution in [2.45, 2.75) is 0 Å². The molecule has 0 saturated heterocycles. The Hall–Kier alpha value is -3.39. The van der Waals surface area contributed by atoms with Crippen molar-refractivity contribution in [3.63, 3.8) is 0 Å². The van der Waals surface area contributed by atoms with E-state index < -0.39 is 5.97 Å². The van der Waals surface area contributed by atoms with E-state index in [4.69, 9.17) is 0 Å². The molecule has 0 heterocycles. The van der Waals surface area contributed by atoms with Gasteiger partial charge in [0.25, 0.3) is 0 Å². The molecule has 0 spiro atoms. The molecule has 0 aliphatic carbocycles. The number of carbonyl (C=O) groups is 1. The fraction of sp³-hybridized carbons (Fsp3) is 0. The molecule has 0 bridgehead atoms.